The molecule has 3 heteroatoms. The van der Waals surface area contributed by atoms with Crippen LogP contribution in [0.1, 0.15) is 11.4 Å². The van der Waals surface area contributed by atoms with Crippen LogP contribution in [-0.2, 0) is 0 Å². The fourth-order valence-electron chi connectivity index (χ4n) is 0.831. The number of hydrogen-bond acceptors (Lipinski definition) is 3. The highest BCUT2D eigenvalue weighted by molar-refractivity contribution is 5.57. The maximum absolute atomic E-state index is 4.22. The maximum Gasteiger partial charge on any atom is 0.151 e. The van der Waals surface area contributed by atoms with Crippen LogP contribution in [0.25, 0.3) is 6.08 Å². The van der Waals surface area contributed by atoms with Gasteiger partial charge in [-0.2, -0.15) is 0 Å². The molecule has 1 aromatic heterocycles. The Balaban J connectivity index is 3.16. The molecule has 0 saturated heterocycles. The largest absolute Gasteiger partial charge is 0.371 e. The normalized spacial score (nSPS) is 9.27. The Bertz CT molecular complexity index is 268. The van der Waals surface area contributed by atoms with Crippen molar-refractivity contribution in [3.8, 4) is 0 Å². The molecule has 1 aromatic rings. The van der Waals surface area contributed by atoms with Crippen molar-refractivity contribution >= 4 is 11.9 Å². The van der Waals surface area contributed by atoms with E-state index in [1.165, 1.54) is 0 Å². The summed E-state index contributed by atoms with van der Waals surface area (Å²) in [5.41, 5.74) is 1.70. The summed E-state index contributed by atoms with van der Waals surface area (Å²) >= 11 is 0. The van der Waals surface area contributed by atoms with Crippen LogP contribution in [0.2, 0.25) is 0 Å². The number of rotatable bonds is 2. The Kier molecular flexibility index (Phi) is 2.21. The lowest BCUT2D eigenvalue weighted by Crippen LogP contribution is -1.98. The van der Waals surface area contributed by atoms with Crippen LogP contribution in [0.15, 0.2) is 12.8 Å². The highest BCUT2D eigenvalue weighted by atomic mass is 15.0. The predicted octanol–water partition coefficient (Wildman–Crippen LogP) is 1.47. The molecule has 11 heavy (non-hydrogen) atoms. The lowest BCUT2D eigenvalue weighted by atomic mass is 10.4. The standard InChI is InChI=1S/C8H11N3/c1-4-7-8(9-3)10-5-6(2)11-7/h4-5H,1H2,2-3H3,(H,9,10). The zero-order valence-electron chi connectivity index (χ0n) is 6.76. The van der Waals surface area contributed by atoms with Crippen molar-refractivity contribution in [3.05, 3.63) is 24.2 Å². The summed E-state index contributed by atoms with van der Waals surface area (Å²) in [7, 11) is 1.81. The summed E-state index contributed by atoms with van der Waals surface area (Å²) < 4.78 is 0. The second-order valence-electron chi connectivity index (χ2n) is 2.20. The summed E-state index contributed by atoms with van der Waals surface area (Å²) in [6, 6.07) is 0. The second kappa shape index (κ2) is 3.14. The molecule has 58 valence electrons. The lowest BCUT2D eigenvalue weighted by Gasteiger charge is -2.02. The molecule has 0 amide bonds. The Morgan fingerprint density at radius 1 is 1.64 bits per heavy atom. The number of hydrogen-bond donors (Lipinski definition) is 1. The summed E-state index contributed by atoms with van der Waals surface area (Å²) in [5, 5.41) is 2.93. The molecular formula is C8H11N3. The third-order valence-corrected chi connectivity index (χ3v) is 1.35. The Morgan fingerprint density at radius 3 is 2.91 bits per heavy atom. The van der Waals surface area contributed by atoms with Crippen molar-refractivity contribution < 1.29 is 0 Å². The molecule has 1 N–H and O–H groups in total. The van der Waals surface area contributed by atoms with Gasteiger partial charge in [0.2, 0.25) is 0 Å². The van der Waals surface area contributed by atoms with Crippen LogP contribution in [0, 0.1) is 6.92 Å². The van der Waals surface area contributed by atoms with Crippen molar-refractivity contribution in [2.75, 3.05) is 12.4 Å². The van der Waals surface area contributed by atoms with Gasteiger partial charge in [-0.3, -0.25) is 0 Å². The van der Waals surface area contributed by atoms with E-state index in [1.807, 2.05) is 14.0 Å². The van der Waals surface area contributed by atoms with Crippen LogP contribution >= 0.6 is 0 Å². The van der Waals surface area contributed by atoms with E-state index in [9.17, 15) is 0 Å². The molecule has 0 bridgehead atoms. The first kappa shape index (κ1) is 7.72. The third-order valence-electron chi connectivity index (χ3n) is 1.35. The molecule has 0 aliphatic carbocycles. The van der Waals surface area contributed by atoms with Gasteiger partial charge in [0.25, 0.3) is 0 Å². The van der Waals surface area contributed by atoms with Crippen molar-refractivity contribution in [1.82, 2.24) is 9.97 Å². The average molecular weight is 149 g/mol. The van der Waals surface area contributed by atoms with Gasteiger partial charge in [-0.15, -0.1) is 0 Å². The van der Waals surface area contributed by atoms with Gasteiger partial charge in [0.15, 0.2) is 5.82 Å². The van der Waals surface area contributed by atoms with Crippen LogP contribution in [0.3, 0.4) is 0 Å². The van der Waals surface area contributed by atoms with E-state index in [1.54, 1.807) is 12.3 Å². The molecule has 1 heterocycles. The molecule has 0 aliphatic rings. The summed E-state index contributed by atoms with van der Waals surface area (Å²) in [6.07, 6.45) is 3.41. The van der Waals surface area contributed by atoms with Gasteiger partial charge in [0.05, 0.1) is 11.9 Å². The van der Waals surface area contributed by atoms with Crippen LogP contribution < -0.4 is 5.32 Å². The first-order chi connectivity index (χ1) is 5.27. The minimum absolute atomic E-state index is 0.769. The van der Waals surface area contributed by atoms with E-state index in [0.717, 1.165) is 17.2 Å². The molecule has 0 saturated carbocycles. The fraction of sp³-hybridized carbons (Fsp3) is 0.250. The van der Waals surface area contributed by atoms with Crippen molar-refractivity contribution in [3.63, 3.8) is 0 Å². The average Bonchev–Trinajstić information content (AvgIpc) is 2.04. The highest BCUT2D eigenvalue weighted by Crippen LogP contribution is 2.09. The first-order valence-electron chi connectivity index (χ1n) is 3.41. The van der Waals surface area contributed by atoms with E-state index in [2.05, 4.69) is 21.9 Å². The molecule has 0 fully saturated rings. The van der Waals surface area contributed by atoms with Crippen LogP contribution in [-0.4, -0.2) is 17.0 Å². The number of nitrogens with zero attached hydrogens (tertiary/aromatic N) is 2. The zero-order valence-corrected chi connectivity index (χ0v) is 6.76. The van der Waals surface area contributed by atoms with Gasteiger partial charge in [-0.25, -0.2) is 9.97 Å². The lowest BCUT2D eigenvalue weighted by molar-refractivity contribution is 1.10. The molecular weight excluding hydrogens is 138 g/mol. The van der Waals surface area contributed by atoms with Gasteiger partial charge in [-0.05, 0) is 13.0 Å². The van der Waals surface area contributed by atoms with Gasteiger partial charge in [-0.1, -0.05) is 6.58 Å². The van der Waals surface area contributed by atoms with Gasteiger partial charge >= 0.3 is 0 Å². The minimum atomic E-state index is 0.769. The van der Waals surface area contributed by atoms with Crippen molar-refractivity contribution in [2.45, 2.75) is 6.92 Å². The van der Waals surface area contributed by atoms with E-state index in [4.69, 9.17) is 0 Å². The topological polar surface area (TPSA) is 37.8 Å². The molecule has 3 nitrogen and oxygen atoms in total. The number of aryl methyl sites for hydroxylation is 1. The Morgan fingerprint density at radius 2 is 2.36 bits per heavy atom. The SMILES string of the molecule is C=Cc1nc(C)cnc1NC. The summed E-state index contributed by atoms with van der Waals surface area (Å²) in [4.78, 5) is 8.34. The molecule has 1 rings (SSSR count). The molecule has 0 spiro atoms. The fourth-order valence-corrected chi connectivity index (χ4v) is 0.831. The quantitative estimate of drug-likeness (QED) is 0.692. The molecule has 0 unspecified atom stereocenters. The Labute approximate surface area is 66.2 Å². The van der Waals surface area contributed by atoms with Gasteiger partial charge in [0, 0.05) is 7.05 Å². The molecule has 0 aliphatic heterocycles. The monoisotopic (exact) mass is 149 g/mol. The molecule has 0 aromatic carbocycles. The number of nitrogens with one attached hydrogen (secondary N) is 1. The Hall–Kier alpha value is -1.38. The number of anilines is 1. The van der Waals surface area contributed by atoms with E-state index < -0.39 is 0 Å². The van der Waals surface area contributed by atoms with Crippen molar-refractivity contribution in [2.24, 2.45) is 0 Å². The van der Waals surface area contributed by atoms with Crippen molar-refractivity contribution in [1.29, 1.82) is 0 Å². The number of aromatic nitrogens is 2. The highest BCUT2D eigenvalue weighted by Gasteiger charge is 1.98. The first-order valence-corrected chi connectivity index (χ1v) is 3.41. The predicted molar refractivity (Wildman–Crippen MR) is 46.4 cm³/mol. The van der Waals surface area contributed by atoms with E-state index >= 15 is 0 Å². The third kappa shape index (κ3) is 1.55. The van der Waals surface area contributed by atoms with Gasteiger partial charge in [0.1, 0.15) is 5.69 Å². The van der Waals surface area contributed by atoms with Gasteiger partial charge < -0.3 is 5.32 Å². The summed E-state index contributed by atoms with van der Waals surface area (Å²) in [6.45, 7) is 5.54. The second-order valence-corrected chi connectivity index (χ2v) is 2.20. The zero-order chi connectivity index (χ0) is 8.27. The maximum atomic E-state index is 4.22. The van der Waals surface area contributed by atoms with E-state index in [0.29, 0.717) is 0 Å². The van der Waals surface area contributed by atoms with Crippen LogP contribution in [0.5, 0.6) is 0 Å². The smallest absolute Gasteiger partial charge is 0.151 e. The van der Waals surface area contributed by atoms with E-state index in [-0.39, 0.29) is 0 Å². The summed E-state index contributed by atoms with van der Waals surface area (Å²) in [5.74, 6) is 0.769. The molecule has 0 radical (unpaired) electrons. The minimum Gasteiger partial charge on any atom is -0.371 e. The van der Waals surface area contributed by atoms with Crippen LogP contribution in [0.4, 0.5) is 5.82 Å². The molecule has 0 atom stereocenters.